The van der Waals surface area contributed by atoms with Gasteiger partial charge < -0.3 is 10.1 Å². The minimum absolute atomic E-state index is 0.242. The third kappa shape index (κ3) is 4.42. The van der Waals surface area contributed by atoms with Crippen molar-refractivity contribution in [3.05, 3.63) is 64.8 Å². The number of thioether (sulfide) groups is 1. The van der Waals surface area contributed by atoms with Crippen molar-refractivity contribution in [2.45, 2.75) is 23.6 Å². The highest BCUT2D eigenvalue weighted by atomic mass is 32.2. The summed E-state index contributed by atoms with van der Waals surface area (Å²) in [4.78, 5) is 24.8. The molecule has 3 rings (SSSR count). The molecular weight excluding hydrogens is 385 g/mol. The number of aromatic amines is 1. The molecule has 1 atom stereocenters. The third-order valence-corrected chi connectivity index (χ3v) is 5.37. The second-order valence-corrected chi connectivity index (χ2v) is 7.02. The lowest BCUT2D eigenvalue weighted by Crippen LogP contribution is -2.37. The normalized spacial score (nSPS) is 11.8. The molecule has 7 nitrogen and oxygen atoms in total. The fourth-order valence-corrected chi connectivity index (χ4v) is 3.47. The van der Waals surface area contributed by atoms with Gasteiger partial charge in [0.05, 0.1) is 12.4 Å². The van der Waals surface area contributed by atoms with E-state index in [2.05, 4.69) is 10.6 Å². The van der Waals surface area contributed by atoms with E-state index in [9.17, 15) is 14.0 Å². The van der Waals surface area contributed by atoms with Gasteiger partial charge in [-0.3, -0.25) is 9.32 Å². The van der Waals surface area contributed by atoms with Crippen LogP contribution in [0.2, 0.25) is 0 Å². The van der Waals surface area contributed by atoms with Crippen molar-refractivity contribution in [3.63, 3.8) is 0 Å². The molecule has 28 heavy (non-hydrogen) atoms. The average molecular weight is 404 g/mol. The van der Waals surface area contributed by atoms with E-state index in [0.29, 0.717) is 23.5 Å². The van der Waals surface area contributed by atoms with Crippen LogP contribution in [0.5, 0.6) is 5.75 Å². The summed E-state index contributed by atoms with van der Waals surface area (Å²) in [5.74, 6) is 0.000347. The van der Waals surface area contributed by atoms with Crippen molar-refractivity contribution < 1.29 is 23.1 Å². The number of aromatic nitrogens is 2. The predicted molar refractivity (Wildman–Crippen MR) is 102 cm³/mol. The van der Waals surface area contributed by atoms with Gasteiger partial charge in [-0.2, -0.15) is 0 Å². The van der Waals surface area contributed by atoms with E-state index >= 15 is 0 Å². The Morgan fingerprint density at radius 1 is 1.25 bits per heavy atom. The van der Waals surface area contributed by atoms with Gasteiger partial charge in [-0.05, 0) is 64.5 Å². The molecule has 3 aromatic rings. The first-order chi connectivity index (χ1) is 13.5. The number of amides is 1. The number of benzene rings is 2. The van der Waals surface area contributed by atoms with Crippen molar-refractivity contribution in [2.75, 3.05) is 12.4 Å². The molecule has 0 radical (unpaired) electrons. The molecule has 0 aliphatic carbocycles. The quantitative estimate of drug-likeness (QED) is 0.467. The molecule has 1 unspecified atom stereocenters. The summed E-state index contributed by atoms with van der Waals surface area (Å²) in [6.07, 6.45) is 0.477. The summed E-state index contributed by atoms with van der Waals surface area (Å²) in [6, 6.07) is 12.5. The Balaban J connectivity index is 1.80. The second kappa shape index (κ2) is 8.75. The number of halogens is 1. The minimum atomic E-state index is -0.575. The smallest absolute Gasteiger partial charge is 0.442 e. The Bertz CT molecular complexity index is 999. The van der Waals surface area contributed by atoms with E-state index in [0.717, 1.165) is 11.8 Å². The van der Waals surface area contributed by atoms with Crippen molar-refractivity contribution in [1.29, 1.82) is 0 Å². The Hall–Kier alpha value is -3.07. The number of hydrogen-bond acceptors (Lipinski definition) is 5. The van der Waals surface area contributed by atoms with Crippen LogP contribution < -0.4 is 20.4 Å². The van der Waals surface area contributed by atoms with E-state index in [4.69, 9.17) is 9.26 Å². The van der Waals surface area contributed by atoms with Crippen LogP contribution in [-0.2, 0) is 4.79 Å². The van der Waals surface area contributed by atoms with Crippen LogP contribution in [0.1, 0.15) is 13.3 Å². The van der Waals surface area contributed by atoms with Gasteiger partial charge in [-0.15, -0.1) is 0 Å². The molecule has 0 fully saturated rings. The Morgan fingerprint density at radius 3 is 2.54 bits per heavy atom. The number of H-pyrrole nitrogens is 1. The highest BCUT2D eigenvalue weighted by molar-refractivity contribution is 8.00. The van der Waals surface area contributed by atoms with Crippen molar-refractivity contribution in [2.24, 2.45) is 0 Å². The number of carbonyl (C=O) groups excluding carboxylic acids is 1. The van der Waals surface area contributed by atoms with Crippen molar-refractivity contribution in [3.8, 4) is 11.4 Å². The first-order valence-corrected chi connectivity index (χ1v) is 9.40. The van der Waals surface area contributed by atoms with Gasteiger partial charge in [0.15, 0.2) is 0 Å². The molecule has 1 aromatic heterocycles. The van der Waals surface area contributed by atoms with Crippen LogP contribution in [0.3, 0.4) is 0 Å². The zero-order valence-corrected chi connectivity index (χ0v) is 16.1. The van der Waals surface area contributed by atoms with Gasteiger partial charge in [-0.1, -0.05) is 6.92 Å². The van der Waals surface area contributed by atoms with E-state index in [-0.39, 0.29) is 16.8 Å². The van der Waals surface area contributed by atoms with Crippen molar-refractivity contribution in [1.82, 2.24) is 5.27 Å². The first kappa shape index (κ1) is 19.7. The number of hydrogen-bond donors (Lipinski definition) is 2. The maximum atomic E-state index is 13.0. The molecule has 0 aliphatic heterocycles. The monoisotopic (exact) mass is 404 g/mol. The average Bonchev–Trinajstić information content (AvgIpc) is 3.08. The first-order valence-electron chi connectivity index (χ1n) is 8.53. The van der Waals surface area contributed by atoms with E-state index < -0.39 is 10.9 Å². The Morgan fingerprint density at radius 2 is 1.93 bits per heavy atom. The molecular formula is C19H19FN3O4S+. The van der Waals surface area contributed by atoms with Gasteiger partial charge in [0.1, 0.15) is 11.6 Å². The molecule has 9 heteroatoms. The number of rotatable bonds is 7. The molecule has 0 saturated carbocycles. The number of carbonyl (C=O) groups is 1. The van der Waals surface area contributed by atoms with Crippen LogP contribution in [0, 0.1) is 5.82 Å². The van der Waals surface area contributed by atoms with Crippen molar-refractivity contribution >= 4 is 23.4 Å². The van der Waals surface area contributed by atoms with Crippen LogP contribution >= 0.6 is 11.8 Å². The van der Waals surface area contributed by atoms with Gasteiger partial charge in [0.2, 0.25) is 11.6 Å². The molecule has 2 aromatic carbocycles. The molecule has 1 heterocycles. The van der Waals surface area contributed by atoms with Gasteiger partial charge in [-0.25, -0.2) is 9.18 Å². The third-order valence-electron chi connectivity index (χ3n) is 3.97. The molecule has 0 bridgehead atoms. The Labute approximate surface area is 164 Å². The standard InChI is InChI=1S/C19H18FN3O4S/c1-3-16(17(24)21-13-6-4-12(20)5-7-13)28-18-19(25)27-22-23(18)14-8-10-15(26-2)11-9-14/h4-11,16H,3H2,1-2H3,(H-,21,22,24,25)/p+1. The maximum Gasteiger partial charge on any atom is 0.442 e. The number of methoxy groups -OCH3 is 1. The fourth-order valence-electron chi connectivity index (χ4n) is 2.48. The maximum absolute atomic E-state index is 13.0. The SMILES string of the molecule is CCC(Sc1c(=O)o[nH][n+]1-c1ccc(OC)cc1)C(=O)Nc1ccc(F)cc1. The van der Waals surface area contributed by atoms with E-state index in [1.165, 1.54) is 28.9 Å². The topological polar surface area (TPSA) is 88.2 Å². The number of nitrogens with zero attached hydrogens (tertiary/aromatic N) is 1. The number of nitrogens with one attached hydrogen (secondary N) is 2. The molecule has 146 valence electrons. The fraction of sp³-hybridized carbons (Fsp3) is 0.211. The number of ether oxygens (including phenoxy) is 1. The van der Waals surface area contributed by atoms with E-state index in [1.807, 2.05) is 6.92 Å². The second-order valence-electron chi connectivity index (χ2n) is 5.83. The molecule has 0 aliphatic rings. The minimum Gasteiger partial charge on any atom is -0.497 e. The van der Waals surface area contributed by atoms with Gasteiger partial charge in [0.25, 0.3) is 0 Å². The molecule has 0 saturated heterocycles. The van der Waals surface area contributed by atoms with Gasteiger partial charge in [0, 0.05) is 17.8 Å². The van der Waals surface area contributed by atoms with Crippen LogP contribution in [0.4, 0.5) is 10.1 Å². The summed E-state index contributed by atoms with van der Waals surface area (Å²) in [7, 11) is 1.56. The Kier molecular flexibility index (Phi) is 6.15. The zero-order valence-electron chi connectivity index (χ0n) is 15.3. The summed E-state index contributed by atoms with van der Waals surface area (Å²) in [5, 5.41) is 4.97. The van der Waals surface area contributed by atoms with E-state index in [1.54, 1.807) is 31.4 Å². The predicted octanol–water partition coefficient (Wildman–Crippen LogP) is 2.90. The lowest BCUT2D eigenvalue weighted by atomic mass is 10.2. The van der Waals surface area contributed by atoms with Crippen LogP contribution in [-0.4, -0.2) is 23.5 Å². The van der Waals surface area contributed by atoms with Crippen LogP contribution in [0.15, 0.2) is 62.9 Å². The highest BCUT2D eigenvalue weighted by Gasteiger charge is 2.30. The highest BCUT2D eigenvalue weighted by Crippen LogP contribution is 2.23. The molecule has 2 N–H and O–H groups in total. The lowest BCUT2D eigenvalue weighted by Gasteiger charge is -2.12. The summed E-state index contributed by atoms with van der Waals surface area (Å²) in [5.41, 5.74) is 0.561. The zero-order chi connectivity index (χ0) is 20.1. The summed E-state index contributed by atoms with van der Waals surface area (Å²) < 4.78 is 24.5. The summed E-state index contributed by atoms with van der Waals surface area (Å²) in [6.45, 7) is 1.84. The number of anilines is 1. The largest absolute Gasteiger partial charge is 0.497 e. The van der Waals surface area contributed by atoms with Crippen LogP contribution in [0.25, 0.3) is 5.69 Å². The lowest BCUT2D eigenvalue weighted by molar-refractivity contribution is -0.704. The van der Waals surface area contributed by atoms with Gasteiger partial charge >= 0.3 is 10.7 Å². The molecule has 0 spiro atoms. The summed E-state index contributed by atoms with van der Waals surface area (Å²) >= 11 is 1.09. The molecule has 1 amide bonds.